The number of benzene rings is 4. The van der Waals surface area contributed by atoms with Gasteiger partial charge in [-0.3, -0.25) is 0 Å². The highest BCUT2D eigenvalue weighted by Gasteiger charge is 2.34. The van der Waals surface area contributed by atoms with Gasteiger partial charge in [0, 0.05) is 10.8 Å². The van der Waals surface area contributed by atoms with E-state index in [1.165, 1.54) is 92.9 Å². The van der Waals surface area contributed by atoms with Gasteiger partial charge in [0.15, 0.2) is 0 Å². The summed E-state index contributed by atoms with van der Waals surface area (Å²) in [6.45, 7) is 14.6. The highest BCUT2D eigenvalue weighted by Crippen LogP contribution is 2.44. The van der Waals surface area contributed by atoms with Crippen molar-refractivity contribution in [3.63, 3.8) is 0 Å². The van der Waals surface area contributed by atoms with Gasteiger partial charge < -0.3 is 15.3 Å². The summed E-state index contributed by atoms with van der Waals surface area (Å²) in [5.74, 6) is 1.05. The maximum atomic E-state index is 10.1. The molecule has 0 aliphatic heterocycles. The molecule has 3 N–H and O–H groups in total. The third kappa shape index (κ3) is 8.80. The first kappa shape index (κ1) is 36.1. The van der Waals surface area contributed by atoms with Gasteiger partial charge in [-0.2, -0.15) is 0 Å². The fraction of sp³-hybridized carbons (Fsp3) is 0.455. The Bertz CT molecular complexity index is 1510. The van der Waals surface area contributed by atoms with Gasteiger partial charge in [-0.1, -0.05) is 126 Å². The molecule has 0 unspecified atom stereocenters. The molecule has 4 aromatic carbocycles. The SMILES string of the molecule is Cc1cc(C(C)(C)c2ccc(O)c(C)c2)ccc1O.Cc1ccc(C2(c3ccc(O)c(C)c3)CCCCCCCCCCC2)cc1C. The molecule has 3 heteroatoms. The Morgan fingerprint density at radius 1 is 0.426 bits per heavy atom. The highest BCUT2D eigenvalue weighted by molar-refractivity contribution is 5.48. The largest absolute Gasteiger partial charge is 0.508 e. The van der Waals surface area contributed by atoms with Crippen molar-refractivity contribution < 1.29 is 15.3 Å². The van der Waals surface area contributed by atoms with Crippen LogP contribution in [0.2, 0.25) is 0 Å². The van der Waals surface area contributed by atoms with E-state index in [1.54, 1.807) is 12.1 Å². The molecular weight excluding hydrogens is 576 g/mol. The molecule has 0 saturated heterocycles. The Balaban J connectivity index is 0.000000229. The second kappa shape index (κ2) is 15.9. The molecule has 0 spiro atoms. The van der Waals surface area contributed by atoms with Crippen LogP contribution in [-0.2, 0) is 10.8 Å². The fourth-order valence-corrected chi connectivity index (χ4v) is 7.21. The van der Waals surface area contributed by atoms with E-state index in [4.69, 9.17) is 0 Å². The van der Waals surface area contributed by atoms with Crippen molar-refractivity contribution in [2.45, 2.75) is 130 Å². The lowest BCUT2D eigenvalue weighted by Crippen LogP contribution is -2.28. The lowest BCUT2D eigenvalue weighted by Gasteiger charge is -2.37. The van der Waals surface area contributed by atoms with Crippen LogP contribution in [0, 0.1) is 34.6 Å². The zero-order valence-electron chi connectivity index (χ0n) is 30.0. The first-order valence-electron chi connectivity index (χ1n) is 17.8. The van der Waals surface area contributed by atoms with Crippen molar-refractivity contribution >= 4 is 0 Å². The maximum absolute atomic E-state index is 10.1. The summed E-state index contributed by atoms with van der Waals surface area (Å²) in [4.78, 5) is 0. The third-order valence-electron chi connectivity index (χ3n) is 10.9. The zero-order valence-corrected chi connectivity index (χ0v) is 30.0. The Kier molecular flexibility index (Phi) is 12.2. The number of aryl methyl sites for hydroxylation is 5. The summed E-state index contributed by atoms with van der Waals surface area (Å²) in [5, 5.41) is 29.4. The van der Waals surface area contributed by atoms with Crippen LogP contribution in [-0.4, -0.2) is 15.3 Å². The number of phenolic OH excluding ortho intramolecular Hbond substituents is 3. The topological polar surface area (TPSA) is 60.7 Å². The van der Waals surface area contributed by atoms with E-state index in [2.05, 4.69) is 58.0 Å². The van der Waals surface area contributed by atoms with Gasteiger partial charge in [-0.15, -0.1) is 0 Å². The normalized spacial score (nSPS) is 15.9. The smallest absolute Gasteiger partial charge is 0.118 e. The minimum absolute atomic E-state index is 0.0656. The van der Waals surface area contributed by atoms with Gasteiger partial charge in [0.05, 0.1) is 0 Å². The molecule has 0 bridgehead atoms. The average molecular weight is 635 g/mol. The van der Waals surface area contributed by atoms with Crippen LogP contribution in [0.4, 0.5) is 0 Å². The summed E-state index contributed by atoms with van der Waals surface area (Å²) < 4.78 is 0. The number of aromatic hydroxyl groups is 3. The molecule has 1 aliphatic carbocycles. The van der Waals surface area contributed by atoms with Crippen LogP contribution in [0.25, 0.3) is 0 Å². The van der Waals surface area contributed by atoms with E-state index in [-0.39, 0.29) is 10.8 Å². The molecule has 4 aromatic rings. The van der Waals surface area contributed by atoms with Gasteiger partial charge in [0.2, 0.25) is 0 Å². The first-order valence-corrected chi connectivity index (χ1v) is 17.8. The van der Waals surface area contributed by atoms with Crippen LogP contribution in [0.1, 0.15) is 135 Å². The molecule has 5 rings (SSSR count). The molecule has 0 amide bonds. The van der Waals surface area contributed by atoms with Gasteiger partial charge >= 0.3 is 0 Å². The Hall–Kier alpha value is -3.72. The van der Waals surface area contributed by atoms with E-state index in [9.17, 15) is 15.3 Å². The van der Waals surface area contributed by atoms with E-state index >= 15 is 0 Å². The van der Waals surface area contributed by atoms with Crippen molar-refractivity contribution in [3.05, 3.63) is 123 Å². The Morgan fingerprint density at radius 3 is 1.19 bits per heavy atom. The molecule has 1 aliphatic rings. The van der Waals surface area contributed by atoms with Crippen LogP contribution >= 0.6 is 0 Å². The fourth-order valence-electron chi connectivity index (χ4n) is 7.21. The van der Waals surface area contributed by atoms with Crippen LogP contribution in [0.5, 0.6) is 17.2 Å². The molecule has 0 atom stereocenters. The molecule has 1 saturated carbocycles. The van der Waals surface area contributed by atoms with Gasteiger partial charge in [-0.25, -0.2) is 0 Å². The summed E-state index contributed by atoms with van der Waals surface area (Å²) >= 11 is 0. The summed E-state index contributed by atoms with van der Waals surface area (Å²) in [5.41, 5.74) is 10.6. The zero-order chi connectivity index (χ0) is 34.2. The minimum atomic E-state index is -0.170. The van der Waals surface area contributed by atoms with Crippen molar-refractivity contribution in [1.82, 2.24) is 0 Å². The van der Waals surface area contributed by atoms with E-state index in [0.717, 1.165) is 27.8 Å². The average Bonchev–Trinajstić information content (AvgIpc) is 3.03. The van der Waals surface area contributed by atoms with Crippen molar-refractivity contribution in [2.24, 2.45) is 0 Å². The predicted molar refractivity (Wildman–Crippen MR) is 198 cm³/mol. The standard InChI is InChI=1S/C27H38O.C17H20O2/c1-21-13-14-24(19-22(21)2)27(25-15-16-26(28)23(3)20-25)17-11-9-7-5-4-6-8-10-12-18-27;1-11-9-13(5-7-15(11)18)17(3,4)14-6-8-16(19)12(2)10-14/h13-16,19-20,28H,4-12,17-18H2,1-3H3;5-10,18-19H,1-4H3. The molecule has 47 heavy (non-hydrogen) atoms. The molecule has 0 heterocycles. The Labute approximate surface area is 284 Å². The quantitative estimate of drug-likeness (QED) is 0.209. The number of hydrogen-bond acceptors (Lipinski definition) is 3. The number of rotatable bonds is 4. The molecule has 252 valence electrons. The number of hydrogen-bond donors (Lipinski definition) is 3. The molecule has 1 fully saturated rings. The predicted octanol–water partition coefficient (Wildman–Crippen LogP) is 11.9. The monoisotopic (exact) mass is 634 g/mol. The maximum Gasteiger partial charge on any atom is 0.118 e. The summed E-state index contributed by atoms with van der Waals surface area (Å²) in [6, 6.07) is 24.8. The van der Waals surface area contributed by atoms with Crippen molar-refractivity contribution in [2.75, 3.05) is 0 Å². The van der Waals surface area contributed by atoms with Gasteiger partial charge in [0.1, 0.15) is 17.2 Å². The lowest BCUT2D eigenvalue weighted by atomic mass is 9.67. The lowest BCUT2D eigenvalue weighted by molar-refractivity contribution is 0.382. The third-order valence-corrected chi connectivity index (χ3v) is 10.9. The summed E-state index contributed by atoms with van der Waals surface area (Å²) in [7, 11) is 0. The number of phenols is 3. The first-order chi connectivity index (χ1) is 22.3. The van der Waals surface area contributed by atoms with Crippen LogP contribution in [0.15, 0.2) is 72.8 Å². The molecule has 0 aromatic heterocycles. The van der Waals surface area contributed by atoms with E-state index in [1.807, 2.05) is 51.1 Å². The second-order valence-electron chi connectivity index (χ2n) is 14.7. The van der Waals surface area contributed by atoms with Crippen LogP contribution in [0.3, 0.4) is 0 Å². The van der Waals surface area contributed by atoms with Crippen LogP contribution < -0.4 is 0 Å². The van der Waals surface area contributed by atoms with Gasteiger partial charge in [-0.05, 0) is 116 Å². The van der Waals surface area contributed by atoms with E-state index < -0.39 is 0 Å². The second-order valence-corrected chi connectivity index (χ2v) is 14.7. The Morgan fingerprint density at radius 2 is 0.787 bits per heavy atom. The summed E-state index contributed by atoms with van der Waals surface area (Å²) in [6.07, 6.45) is 14.6. The minimum Gasteiger partial charge on any atom is -0.508 e. The molecule has 3 nitrogen and oxygen atoms in total. The van der Waals surface area contributed by atoms with Gasteiger partial charge in [0.25, 0.3) is 0 Å². The van der Waals surface area contributed by atoms with Crippen molar-refractivity contribution in [1.29, 1.82) is 0 Å². The highest BCUT2D eigenvalue weighted by atomic mass is 16.3. The molecule has 0 radical (unpaired) electrons. The molecular formula is C44H58O3. The van der Waals surface area contributed by atoms with E-state index in [0.29, 0.717) is 17.2 Å². The van der Waals surface area contributed by atoms with Crippen molar-refractivity contribution in [3.8, 4) is 17.2 Å².